The molecule has 0 bridgehead atoms. The Morgan fingerprint density at radius 3 is 2.66 bits per heavy atom. The van der Waals surface area contributed by atoms with Crippen LogP contribution < -0.4 is 10.6 Å². The van der Waals surface area contributed by atoms with Gasteiger partial charge in [0.25, 0.3) is 0 Å². The Bertz CT molecular complexity index is 1070. The van der Waals surface area contributed by atoms with Crippen LogP contribution in [0, 0.1) is 19.7 Å². The molecule has 1 aliphatic rings. The summed E-state index contributed by atoms with van der Waals surface area (Å²) < 4.78 is 13.8. The van der Waals surface area contributed by atoms with Gasteiger partial charge in [-0.25, -0.2) is 14.4 Å². The van der Waals surface area contributed by atoms with Gasteiger partial charge in [0, 0.05) is 29.5 Å². The van der Waals surface area contributed by atoms with Gasteiger partial charge in [0.05, 0.1) is 24.1 Å². The zero-order valence-corrected chi connectivity index (χ0v) is 18.3. The minimum absolute atomic E-state index is 0.211. The maximum Gasteiger partial charge on any atom is 0.238 e. The molecule has 0 aliphatic carbocycles. The lowest BCUT2D eigenvalue weighted by Crippen LogP contribution is -2.40. The van der Waals surface area contributed by atoms with Crippen LogP contribution in [0.25, 0.3) is 0 Å². The Labute approximate surface area is 187 Å². The van der Waals surface area contributed by atoms with Crippen molar-refractivity contribution in [1.82, 2.24) is 19.9 Å². The second kappa shape index (κ2) is 9.82. The van der Waals surface area contributed by atoms with E-state index in [1.165, 1.54) is 6.07 Å². The number of nitrogens with one attached hydrogen (secondary N) is 2. The fraction of sp³-hybridized carbons (Fsp3) is 0.333. The highest BCUT2D eigenvalue weighted by Crippen LogP contribution is 2.26. The topological polar surface area (TPSA) is 83.0 Å². The third-order valence-corrected chi connectivity index (χ3v) is 5.46. The van der Waals surface area contributed by atoms with E-state index in [1.54, 1.807) is 24.4 Å². The van der Waals surface area contributed by atoms with Crippen molar-refractivity contribution in [2.75, 3.05) is 30.3 Å². The van der Waals surface area contributed by atoms with Crippen LogP contribution in [0.1, 0.15) is 35.8 Å². The molecular weight excluding hydrogens is 407 g/mol. The molecule has 1 atom stereocenters. The smallest absolute Gasteiger partial charge is 0.238 e. The molecule has 0 saturated carbocycles. The lowest BCUT2D eigenvalue weighted by molar-refractivity contribution is -0.117. The maximum atomic E-state index is 13.8. The van der Waals surface area contributed by atoms with Gasteiger partial charge >= 0.3 is 0 Å². The number of benzene rings is 1. The van der Waals surface area contributed by atoms with E-state index in [2.05, 4.69) is 30.5 Å². The highest BCUT2D eigenvalue weighted by Gasteiger charge is 2.24. The summed E-state index contributed by atoms with van der Waals surface area (Å²) in [6, 6.07) is 12.1. The highest BCUT2D eigenvalue weighted by molar-refractivity contribution is 5.92. The fourth-order valence-electron chi connectivity index (χ4n) is 4.03. The average molecular weight is 435 g/mol. The molecule has 1 aromatic carbocycles. The molecule has 0 spiro atoms. The van der Waals surface area contributed by atoms with Gasteiger partial charge in [-0.2, -0.15) is 0 Å². The van der Waals surface area contributed by atoms with Crippen molar-refractivity contribution in [2.24, 2.45) is 0 Å². The summed E-state index contributed by atoms with van der Waals surface area (Å²) in [5, 5.41) is 5.86. The fourth-order valence-corrected chi connectivity index (χ4v) is 4.03. The quantitative estimate of drug-likeness (QED) is 0.605. The van der Waals surface area contributed by atoms with Crippen molar-refractivity contribution >= 4 is 23.2 Å². The van der Waals surface area contributed by atoms with E-state index in [9.17, 15) is 9.18 Å². The molecule has 7 nitrogen and oxygen atoms in total. The predicted molar refractivity (Wildman–Crippen MR) is 122 cm³/mol. The number of nitrogens with zero attached hydrogens (tertiary/aromatic N) is 4. The molecule has 2 N–H and O–H groups in total. The predicted octanol–water partition coefficient (Wildman–Crippen LogP) is 4.19. The summed E-state index contributed by atoms with van der Waals surface area (Å²) >= 11 is 0. The van der Waals surface area contributed by atoms with Crippen LogP contribution in [0.2, 0.25) is 0 Å². The van der Waals surface area contributed by atoms with E-state index >= 15 is 0 Å². The summed E-state index contributed by atoms with van der Waals surface area (Å²) in [5.74, 6) is 0.163. The number of para-hydroxylation sites is 1. The molecule has 32 heavy (non-hydrogen) atoms. The summed E-state index contributed by atoms with van der Waals surface area (Å²) in [6.07, 6.45) is 3.79. The molecule has 3 aromatic rings. The standard InChI is InChI=1S/C24H27FN6O/c1-16-12-17(2)28-24(27-16)29-19-9-10-21(26-13-19)18-6-5-11-31(14-18)15-23(32)30-22-8-4-3-7-20(22)25/h3-4,7-10,12-13,18H,5-6,11,14-15H2,1-2H3,(H,30,32)(H,27,28,29)/t18-/m0/s1. The normalized spacial score (nSPS) is 16.5. The summed E-state index contributed by atoms with van der Waals surface area (Å²) in [6.45, 7) is 5.68. The molecule has 0 radical (unpaired) electrons. The van der Waals surface area contributed by atoms with Crippen LogP contribution in [0.4, 0.5) is 21.7 Å². The van der Waals surface area contributed by atoms with Gasteiger partial charge in [0.2, 0.25) is 11.9 Å². The van der Waals surface area contributed by atoms with Crippen molar-refractivity contribution in [1.29, 1.82) is 0 Å². The van der Waals surface area contributed by atoms with Crippen LogP contribution in [0.3, 0.4) is 0 Å². The van der Waals surface area contributed by atoms with Gasteiger partial charge in [-0.1, -0.05) is 12.1 Å². The van der Waals surface area contributed by atoms with E-state index in [0.717, 1.165) is 48.7 Å². The number of rotatable bonds is 6. The Morgan fingerprint density at radius 1 is 1.16 bits per heavy atom. The molecule has 2 aromatic heterocycles. The maximum absolute atomic E-state index is 13.8. The molecule has 166 valence electrons. The highest BCUT2D eigenvalue weighted by atomic mass is 19.1. The van der Waals surface area contributed by atoms with Gasteiger partial charge in [-0.3, -0.25) is 14.7 Å². The number of amides is 1. The molecule has 1 amide bonds. The number of pyridine rings is 1. The second-order valence-corrected chi connectivity index (χ2v) is 8.17. The number of piperidine rings is 1. The third-order valence-electron chi connectivity index (χ3n) is 5.46. The molecule has 1 aliphatic heterocycles. The summed E-state index contributed by atoms with van der Waals surface area (Å²) in [5.41, 5.74) is 3.85. The average Bonchev–Trinajstić information content (AvgIpc) is 2.75. The van der Waals surface area contributed by atoms with Gasteiger partial charge in [0.1, 0.15) is 5.82 Å². The van der Waals surface area contributed by atoms with Crippen LogP contribution >= 0.6 is 0 Å². The van der Waals surface area contributed by atoms with Crippen LogP contribution in [-0.2, 0) is 4.79 Å². The first-order valence-electron chi connectivity index (χ1n) is 10.8. The minimum atomic E-state index is -0.429. The summed E-state index contributed by atoms with van der Waals surface area (Å²) in [4.78, 5) is 27.9. The van der Waals surface area contributed by atoms with Crippen molar-refractivity contribution in [3.63, 3.8) is 0 Å². The van der Waals surface area contributed by atoms with Crippen LogP contribution in [-0.4, -0.2) is 45.4 Å². The third kappa shape index (κ3) is 5.64. The first-order valence-corrected chi connectivity index (χ1v) is 10.8. The number of halogens is 1. The number of hydrogen-bond acceptors (Lipinski definition) is 6. The molecular formula is C24H27FN6O. The lowest BCUT2D eigenvalue weighted by Gasteiger charge is -2.32. The van der Waals surface area contributed by atoms with Gasteiger partial charge in [-0.05, 0) is 63.6 Å². The van der Waals surface area contributed by atoms with Crippen molar-refractivity contribution < 1.29 is 9.18 Å². The zero-order valence-electron chi connectivity index (χ0n) is 18.3. The Hall–Kier alpha value is -3.39. The molecule has 1 saturated heterocycles. The van der Waals surface area contributed by atoms with E-state index < -0.39 is 5.82 Å². The number of anilines is 3. The van der Waals surface area contributed by atoms with Gasteiger partial charge in [-0.15, -0.1) is 0 Å². The van der Waals surface area contributed by atoms with E-state index in [4.69, 9.17) is 0 Å². The van der Waals surface area contributed by atoms with E-state index in [0.29, 0.717) is 5.95 Å². The monoisotopic (exact) mass is 434 g/mol. The molecule has 0 unspecified atom stereocenters. The molecule has 3 heterocycles. The van der Waals surface area contributed by atoms with Crippen molar-refractivity contribution in [3.05, 3.63) is 71.6 Å². The minimum Gasteiger partial charge on any atom is -0.323 e. The van der Waals surface area contributed by atoms with Gasteiger partial charge in [0.15, 0.2) is 0 Å². The van der Waals surface area contributed by atoms with Crippen LogP contribution in [0.5, 0.6) is 0 Å². The molecule has 1 fully saturated rings. The Morgan fingerprint density at radius 2 is 1.94 bits per heavy atom. The number of carbonyl (C=O) groups excluding carboxylic acids is 1. The first kappa shape index (κ1) is 21.8. The van der Waals surface area contributed by atoms with Crippen molar-refractivity contribution in [2.45, 2.75) is 32.6 Å². The number of aromatic nitrogens is 3. The number of hydrogen-bond donors (Lipinski definition) is 2. The largest absolute Gasteiger partial charge is 0.323 e. The SMILES string of the molecule is Cc1cc(C)nc(Nc2ccc([C@H]3CCCN(CC(=O)Nc4ccccc4F)C3)nc2)n1. The number of aryl methyl sites for hydroxylation is 2. The number of carbonyl (C=O) groups is 1. The Balaban J connectivity index is 1.34. The molecule has 8 heteroatoms. The van der Waals surface area contributed by atoms with E-state index in [-0.39, 0.29) is 24.1 Å². The zero-order chi connectivity index (χ0) is 22.5. The van der Waals surface area contributed by atoms with Crippen LogP contribution in [0.15, 0.2) is 48.7 Å². The second-order valence-electron chi connectivity index (χ2n) is 8.17. The number of likely N-dealkylation sites (tertiary alicyclic amines) is 1. The van der Waals surface area contributed by atoms with E-state index in [1.807, 2.05) is 32.0 Å². The van der Waals surface area contributed by atoms with Crippen molar-refractivity contribution in [3.8, 4) is 0 Å². The summed E-state index contributed by atoms with van der Waals surface area (Å²) in [7, 11) is 0. The van der Waals surface area contributed by atoms with Gasteiger partial charge < -0.3 is 10.6 Å². The molecule has 4 rings (SSSR count). The lowest BCUT2D eigenvalue weighted by atomic mass is 9.94. The first-order chi connectivity index (χ1) is 15.5. The Kier molecular flexibility index (Phi) is 6.70.